The van der Waals surface area contributed by atoms with E-state index in [4.69, 9.17) is 13.8 Å². The number of benzene rings is 8. The van der Waals surface area contributed by atoms with Crippen molar-refractivity contribution < 1.29 is 8.83 Å². The number of para-hydroxylation sites is 1. The molecule has 0 saturated carbocycles. The van der Waals surface area contributed by atoms with Crippen LogP contribution in [-0.2, 0) is 0 Å². The summed E-state index contributed by atoms with van der Waals surface area (Å²) in [6.45, 7) is 0. The summed E-state index contributed by atoms with van der Waals surface area (Å²) in [6, 6.07) is 63.3. The Morgan fingerprint density at radius 2 is 1.00 bits per heavy atom. The van der Waals surface area contributed by atoms with E-state index < -0.39 is 0 Å². The number of anilines is 3. The fraction of sp³-hybridized carbons (Fsp3) is 0. The maximum Gasteiger partial charge on any atom is 0.227 e. The smallest absolute Gasteiger partial charge is 0.227 e. The summed E-state index contributed by atoms with van der Waals surface area (Å²) in [5.41, 5.74) is 11.7. The van der Waals surface area contributed by atoms with Gasteiger partial charge in [-0.15, -0.1) is 0 Å². The third-order valence-electron chi connectivity index (χ3n) is 9.70. The normalized spacial score (nSPS) is 11.5. The van der Waals surface area contributed by atoms with Crippen LogP contribution >= 0.6 is 0 Å². The summed E-state index contributed by atoms with van der Waals surface area (Å²) < 4.78 is 12.8. The van der Waals surface area contributed by atoms with E-state index >= 15 is 0 Å². The predicted octanol–water partition coefficient (Wildman–Crippen LogP) is 13.4. The number of fused-ring (bicyclic) bond motifs is 5. The van der Waals surface area contributed by atoms with Gasteiger partial charge in [0.1, 0.15) is 16.7 Å². The van der Waals surface area contributed by atoms with Crippen molar-refractivity contribution in [3.05, 3.63) is 182 Å². The quantitative estimate of drug-likeness (QED) is 0.179. The fourth-order valence-electron chi connectivity index (χ4n) is 7.19. The summed E-state index contributed by atoms with van der Waals surface area (Å²) in [5.74, 6) is 0.608. The number of furan rings is 1. The Hall–Kier alpha value is -6.91. The average Bonchev–Trinajstić information content (AvgIpc) is 3.81. The highest BCUT2D eigenvalue weighted by Gasteiger charge is 2.20. The lowest BCUT2D eigenvalue weighted by Gasteiger charge is -2.26. The standard InChI is InChI=1S/C47H30N2O2/c1-3-12-32(13-4-1)39-26-27-40(46-45(39)48-47(51-46)34-14-5-2-6-15-34)33-20-22-36(23-21-33)49(37-24-19-31-11-7-8-16-35(31)29-37)38-25-28-44-42(30-38)41-17-9-10-18-43(41)50-44/h1-30H. The minimum Gasteiger partial charge on any atom is -0.456 e. The van der Waals surface area contributed by atoms with E-state index in [-0.39, 0.29) is 0 Å². The topological polar surface area (TPSA) is 42.4 Å². The Balaban J connectivity index is 1.12. The lowest BCUT2D eigenvalue weighted by molar-refractivity contribution is 0.621. The molecule has 2 heterocycles. The van der Waals surface area contributed by atoms with E-state index in [1.54, 1.807) is 0 Å². The van der Waals surface area contributed by atoms with Gasteiger partial charge in [-0.2, -0.15) is 0 Å². The van der Waals surface area contributed by atoms with E-state index in [2.05, 4.69) is 138 Å². The highest BCUT2D eigenvalue weighted by Crippen LogP contribution is 2.42. The highest BCUT2D eigenvalue weighted by molar-refractivity contribution is 6.07. The van der Waals surface area contributed by atoms with Gasteiger partial charge in [0.15, 0.2) is 5.58 Å². The van der Waals surface area contributed by atoms with Gasteiger partial charge in [-0.1, -0.05) is 115 Å². The monoisotopic (exact) mass is 654 g/mol. The van der Waals surface area contributed by atoms with Gasteiger partial charge in [0.2, 0.25) is 5.89 Å². The number of oxazole rings is 1. The Morgan fingerprint density at radius 3 is 1.82 bits per heavy atom. The highest BCUT2D eigenvalue weighted by atomic mass is 16.3. The molecule has 51 heavy (non-hydrogen) atoms. The first kappa shape index (κ1) is 29.0. The zero-order valence-electron chi connectivity index (χ0n) is 27.5. The van der Waals surface area contributed by atoms with Crippen molar-refractivity contribution in [2.75, 3.05) is 4.90 Å². The molecule has 8 aromatic carbocycles. The van der Waals surface area contributed by atoms with Crippen molar-refractivity contribution in [3.63, 3.8) is 0 Å². The van der Waals surface area contributed by atoms with E-state index in [0.717, 1.165) is 77.9 Å². The van der Waals surface area contributed by atoms with Crippen LogP contribution in [-0.4, -0.2) is 4.98 Å². The van der Waals surface area contributed by atoms with Gasteiger partial charge < -0.3 is 13.7 Å². The van der Waals surface area contributed by atoms with Crippen molar-refractivity contribution >= 4 is 60.9 Å². The minimum atomic E-state index is 0.608. The van der Waals surface area contributed by atoms with E-state index in [9.17, 15) is 0 Å². The average molecular weight is 655 g/mol. The molecule has 10 aromatic rings. The number of hydrogen-bond donors (Lipinski definition) is 0. The number of hydrogen-bond acceptors (Lipinski definition) is 4. The lowest BCUT2D eigenvalue weighted by Crippen LogP contribution is -2.09. The molecule has 10 rings (SSSR count). The van der Waals surface area contributed by atoms with E-state index in [1.165, 1.54) is 10.8 Å². The van der Waals surface area contributed by atoms with Gasteiger partial charge >= 0.3 is 0 Å². The van der Waals surface area contributed by atoms with Crippen molar-refractivity contribution in [1.82, 2.24) is 4.98 Å². The summed E-state index contributed by atoms with van der Waals surface area (Å²) in [7, 11) is 0. The Bertz CT molecular complexity index is 2850. The van der Waals surface area contributed by atoms with Gasteiger partial charge in [0, 0.05) is 44.5 Å². The van der Waals surface area contributed by atoms with Gasteiger partial charge in [-0.05, 0) is 88.6 Å². The molecule has 0 saturated heterocycles. The van der Waals surface area contributed by atoms with Crippen LogP contribution in [0.1, 0.15) is 0 Å². The second-order valence-electron chi connectivity index (χ2n) is 12.8. The van der Waals surface area contributed by atoms with Crippen LogP contribution in [0, 0.1) is 0 Å². The van der Waals surface area contributed by atoms with Crippen LogP contribution in [0.4, 0.5) is 17.1 Å². The van der Waals surface area contributed by atoms with Gasteiger partial charge in [-0.25, -0.2) is 4.98 Å². The zero-order chi connectivity index (χ0) is 33.7. The number of aromatic nitrogens is 1. The molecule has 0 aliphatic carbocycles. The summed E-state index contributed by atoms with van der Waals surface area (Å²) in [5, 5.41) is 4.59. The number of nitrogens with zero attached hydrogens (tertiary/aromatic N) is 2. The first-order valence-corrected chi connectivity index (χ1v) is 17.1. The summed E-state index contributed by atoms with van der Waals surface area (Å²) in [4.78, 5) is 7.37. The third-order valence-corrected chi connectivity index (χ3v) is 9.70. The molecular weight excluding hydrogens is 625 g/mol. The lowest BCUT2D eigenvalue weighted by atomic mass is 9.98. The number of rotatable bonds is 6. The molecule has 0 aliphatic rings. The Kier molecular flexibility index (Phi) is 6.78. The van der Waals surface area contributed by atoms with Gasteiger partial charge in [0.05, 0.1) is 0 Å². The van der Waals surface area contributed by atoms with Crippen LogP contribution in [0.5, 0.6) is 0 Å². The first-order valence-electron chi connectivity index (χ1n) is 17.1. The van der Waals surface area contributed by atoms with Crippen LogP contribution < -0.4 is 4.90 Å². The fourth-order valence-corrected chi connectivity index (χ4v) is 7.19. The minimum absolute atomic E-state index is 0.608. The second kappa shape index (κ2) is 11.9. The van der Waals surface area contributed by atoms with Crippen molar-refractivity contribution in [3.8, 4) is 33.7 Å². The molecule has 240 valence electrons. The molecule has 0 atom stereocenters. The summed E-state index contributed by atoms with van der Waals surface area (Å²) >= 11 is 0. The second-order valence-corrected chi connectivity index (χ2v) is 12.8. The van der Waals surface area contributed by atoms with Gasteiger partial charge in [-0.3, -0.25) is 0 Å². The van der Waals surface area contributed by atoms with Crippen LogP contribution in [0.3, 0.4) is 0 Å². The largest absolute Gasteiger partial charge is 0.456 e. The third kappa shape index (κ3) is 5.04. The zero-order valence-corrected chi connectivity index (χ0v) is 27.5. The molecule has 0 radical (unpaired) electrons. The molecule has 0 unspecified atom stereocenters. The van der Waals surface area contributed by atoms with Crippen molar-refractivity contribution in [1.29, 1.82) is 0 Å². The van der Waals surface area contributed by atoms with E-state index in [0.29, 0.717) is 5.89 Å². The SMILES string of the molecule is c1ccc(-c2nc3c(-c4ccccc4)ccc(-c4ccc(N(c5ccc6ccccc6c5)c5ccc6oc7ccccc7c6c5)cc4)c3o2)cc1. The molecule has 0 fully saturated rings. The molecule has 0 aliphatic heterocycles. The molecule has 4 heteroatoms. The summed E-state index contributed by atoms with van der Waals surface area (Å²) in [6.07, 6.45) is 0. The first-order chi connectivity index (χ1) is 25.3. The molecule has 0 spiro atoms. The molecule has 0 bridgehead atoms. The molecule has 0 N–H and O–H groups in total. The maximum atomic E-state index is 6.60. The predicted molar refractivity (Wildman–Crippen MR) is 210 cm³/mol. The van der Waals surface area contributed by atoms with Crippen LogP contribution in [0.25, 0.3) is 77.5 Å². The van der Waals surface area contributed by atoms with Gasteiger partial charge in [0.25, 0.3) is 0 Å². The molecule has 0 amide bonds. The van der Waals surface area contributed by atoms with Crippen LogP contribution in [0.15, 0.2) is 191 Å². The van der Waals surface area contributed by atoms with Crippen LogP contribution in [0.2, 0.25) is 0 Å². The molecule has 2 aromatic heterocycles. The van der Waals surface area contributed by atoms with Crippen molar-refractivity contribution in [2.24, 2.45) is 0 Å². The Morgan fingerprint density at radius 1 is 0.392 bits per heavy atom. The Labute approximate surface area is 294 Å². The van der Waals surface area contributed by atoms with E-state index in [1.807, 2.05) is 48.5 Å². The molecular formula is C47H30N2O2. The maximum absolute atomic E-state index is 6.60. The molecule has 4 nitrogen and oxygen atoms in total. The van der Waals surface area contributed by atoms with Crippen molar-refractivity contribution in [2.45, 2.75) is 0 Å².